The first-order chi connectivity index (χ1) is 5.92. The third-order valence-corrected chi connectivity index (χ3v) is 2.17. The molecule has 7 heteroatoms. The van der Waals surface area contributed by atoms with E-state index in [0.717, 1.165) is 4.68 Å². The maximum Gasteiger partial charge on any atom is 0.408 e. The van der Waals surface area contributed by atoms with Gasteiger partial charge in [0.15, 0.2) is 0 Å². The first-order valence-electron chi connectivity index (χ1n) is 3.27. The Kier molecular flexibility index (Phi) is 3.23. The molecule has 74 valence electrons. The molecule has 1 aromatic heterocycles. The molecule has 0 aliphatic carbocycles. The van der Waals surface area contributed by atoms with Crippen LogP contribution in [-0.2, 0) is 12.4 Å². The van der Waals surface area contributed by atoms with E-state index in [2.05, 4.69) is 21.0 Å². The summed E-state index contributed by atoms with van der Waals surface area (Å²) in [7, 11) is 0. The Bertz CT molecular complexity index is 297. The third-order valence-electron chi connectivity index (χ3n) is 1.26. The molecular weight excluding hydrogens is 272 g/mol. The van der Waals surface area contributed by atoms with Gasteiger partial charge in [-0.1, -0.05) is 0 Å². The van der Waals surface area contributed by atoms with Crippen LogP contribution in [0.15, 0.2) is 10.7 Å². The average molecular weight is 277 g/mol. The van der Waals surface area contributed by atoms with E-state index in [4.69, 9.17) is 11.6 Å². The van der Waals surface area contributed by atoms with Crippen molar-refractivity contribution in [1.29, 1.82) is 0 Å². The van der Waals surface area contributed by atoms with Crippen molar-refractivity contribution in [2.45, 2.75) is 18.6 Å². The van der Waals surface area contributed by atoms with Crippen LogP contribution in [0.2, 0.25) is 0 Å². The zero-order valence-corrected chi connectivity index (χ0v) is 8.62. The van der Waals surface area contributed by atoms with Crippen molar-refractivity contribution in [3.63, 3.8) is 0 Å². The fourth-order valence-electron chi connectivity index (χ4n) is 0.792. The Morgan fingerprint density at radius 2 is 2.15 bits per heavy atom. The first kappa shape index (κ1) is 10.8. The molecule has 1 rings (SSSR count). The Hall–Kier alpha value is -0.230. The van der Waals surface area contributed by atoms with E-state index in [0.29, 0.717) is 10.2 Å². The third kappa shape index (κ3) is 3.19. The van der Waals surface area contributed by atoms with E-state index >= 15 is 0 Å². The minimum atomic E-state index is -4.25. The summed E-state index contributed by atoms with van der Waals surface area (Å²) in [6.07, 6.45) is -3.00. The second-order valence-electron chi connectivity index (χ2n) is 2.37. The highest BCUT2D eigenvalue weighted by Gasteiger charge is 2.28. The van der Waals surface area contributed by atoms with Gasteiger partial charge >= 0.3 is 6.18 Å². The van der Waals surface area contributed by atoms with Crippen LogP contribution in [-0.4, -0.2) is 16.0 Å². The minimum absolute atomic E-state index is 0.0887. The summed E-state index contributed by atoms with van der Waals surface area (Å²) in [5.74, 6) is 0.0887. The summed E-state index contributed by atoms with van der Waals surface area (Å²) in [6, 6.07) is 0. The zero-order chi connectivity index (χ0) is 10.1. The highest BCUT2D eigenvalue weighted by molar-refractivity contribution is 9.10. The normalized spacial score (nSPS) is 12.1. The van der Waals surface area contributed by atoms with Gasteiger partial charge in [0.1, 0.15) is 6.54 Å². The van der Waals surface area contributed by atoms with Crippen molar-refractivity contribution in [3.8, 4) is 0 Å². The van der Waals surface area contributed by atoms with Crippen molar-refractivity contribution < 1.29 is 13.2 Å². The molecule has 0 saturated carbocycles. The molecule has 2 nitrogen and oxygen atoms in total. The molecule has 0 atom stereocenters. The molecule has 0 radical (unpaired) electrons. The minimum Gasteiger partial charge on any atom is -0.262 e. The molecular formula is C6H5BrClF3N2. The number of hydrogen-bond donors (Lipinski definition) is 0. The molecule has 0 amide bonds. The second-order valence-corrected chi connectivity index (χ2v) is 3.49. The van der Waals surface area contributed by atoms with Gasteiger partial charge in [0.05, 0.1) is 16.0 Å². The largest absolute Gasteiger partial charge is 0.408 e. The van der Waals surface area contributed by atoms with Crippen LogP contribution in [0.1, 0.15) is 5.69 Å². The molecule has 0 aromatic carbocycles. The highest BCUT2D eigenvalue weighted by atomic mass is 79.9. The topological polar surface area (TPSA) is 17.8 Å². The van der Waals surface area contributed by atoms with E-state index in [1.54, 1.807) is 0 Å². The molecule has 0 aliphatic heterocycles. The smallest absolute Gasteiger partial charge is 0.262 e. The monoisotopic (exact) mass is 276 g/mol. The zero-order valence-electron chi connectivity index (χ0n) is 6.28. The number of alkyl halides is 4. The lowest BCUT2D eigenvalue weighted by Crippen LogP contribution is -2.18. The number of hydrogen-bond acceptors (Lipinski definition) is 1. The quantitative estimate of drug-likeness (QED) is 0.760. The number of nitrogens with zero attached hydrogens (tertiary/aromatic N) is 2. The van der Waals surface area contributed by atoms with Gasteiger partial charge in [0.2, 0.25) is 0 Å². The van der Waals surface area contributed by atoms with Gasteiger partial charge in [-0.05, 0) is 15.9 Å². The van der Waals surface area contributed by atoms with Crippen LogP contribution >= 0.6 is 27.5 Å². The number of rotatable bonds is 2. The molecule has 13 heavy (non-hydrogen) atoms. The Labute approximate surface area is 85.8 Å². The van der Waals surface area contributed by atoms with Crippen molar-refractivity contribution in [2.75, 3.05) is 0 Å². The molecule has 0 unspecified atom stereocenters. The Morgan fingerprint density at radius 1 is 1.54 bits per heavy atom. The first-order valence-corrected chi connectivity index (χ1v) is 4.59. The fraction of sp³-hybridized carbons (Fsp3) is 0.500. The van der Waals surface area contributed by atoms with Crippen LogP contribution in [0.25, 0.3) is 0 Å². The molecule has 0 saturated heterocycles. The van der Waals surface area contributed by atoms with E-state index < -0.39 is 12.7 Å². The SMILES string of the molecule is FC(F)(F)Cn1cc(Br)c(CCl)n1. The van der Waals surface area contributed by atoms with Gasteiger partial charge < -0.3 is 0 Å². The van der Waals surface area contributed by atoms with E-state index in [1.165, 1.54) is 6.20 Å². The highest BCUT2D eigenvalue weighted by Crippen LogP contribution is 2.21. The molecule has 0 bridgehead atoms. The van der Waals surface area contributed by atoms with Gasteiger partial charge in [-0.25, -0.2) is 0 Å². The summed E-state index contributed by atoms with van der Waals surface area (Å²) < 4.78 is 36.9. The van der Waals surface area contributed by atoms with E-state index in [9.17, 15) is 13.2 Å². The van der Waals surface area contributed by atoms with Gasteiger partial charge in [-0.2, -0.15) is 18.3 Å². The van der Waals surface area contributed by atoms with Crippen molar-refractivity contribution in [3.05, 3.63) is 16.4 Å². The molecule has 1 heterocycles. The maximum absolute atomic E-state index is 11.9. The van der Waals surface area contributed by atoms with Gasteiger partial charge in [-0.15, -0.1) is 11.6 Å². The number of aromatic nitrogens is 2. The lowest BCUT2D eigenvalue weighted by molar-refractivity contribution is -0.142. The summed E-state index contributed by atoms with van der Waals surface area (Å²) in [5.41, 5.74) is 0.408. The van der Waals surface area contributed by atoms with Crippen molar-refractivity contribution in [2.24, 2.45) is 0 Å². The fourth-order valence-corrected chi connectivity index (χ4v) is 1.61. The van der Waals surface area contributed by atoms with E-state index in [1.807, 2.05) is 0 Å². The lowest BCUT2D eigenvalue weighted by Gasteiger charge is -2.04. The second kappa shape index (κ2) is 3.88. The van der Waals surface area contributed by atoms with Crippen molar-refractivity contribution in [1.82, 2.24) is 9.78 Å². The van der Waals surface area contributed by atoms with Crippen LogP contribution < -0.4 is 0 Å². The summed E-state index contributed by atoms with van der Waals surface area (Å²) in [4.78, 5) is 0. The van der Waals surface area contributed by atoms with Gasteiger partial charge in [-0.3, -0.25) is 4.68 Å². The maximum atomic E-state index is 11.9. The predicted molar refractivity (Wildman–Crippen MR) is 45.5 cm³/mol. The summed E-state index contributed by atoms with van der Waals surface area (Å²) in [6.45, 7) is -1.09. The average Bonchev–Trinajstić information content (AvgIpc) is 2.26. The lowest BCUT2D eigenvalue weighted by atomic mass is 10.5. The Balaban J connectivity index is 2.80. The standard InChI is InChI=1S/C6H5BrClF3N2/c7-4-2-13(3-6(9,10)11)12-5(4)1-8/h2H,1,3H2. The molecule has 0 aliphatic rings. The van der Waals surface area contributed by atoms with Crippen LogP contribution in [0.4, 0.5) is 13.2 Å². The van der Waals surface area contributed by atoms with Crippen LogP contribution in [0, 0.1) is 0 Å². The summed E-state index contributed by atoms with van der Waals surface area (Å²) in [5, 5.41) is 3.63. The van der Waals surface area contributed by atoms with E-state index in [-0.39, 0.29) is 5.88 Å². The molecule has 1 aromatic rings. The predicted octanol–water partition coefficient (Wildman–Crippen LogP) is 2.95. The Morgan fingerprint density at radius 3 is 2.54 bits per heavy atom. The van der Waals surface area contributed by atoms with Crippen LogP contribution in [0.5, 0.6) is 0 Å². The molecule has 0 fully saturated rings. The molecule has 0 spiro atoms. The number of halogens is 5. The van der Waals surface area contributed by atoms with Crippen molar-refractivity contribution >= 4 is 27.5 Å². The van der Waals surface area contributed by atoms with Gasteiger partial charge in [0.25, 0.3) is 0 Å². The van der Waals surface area contributed by atoms with Gasteiger partial charge in [0, 0.05) is 6.20 Å². The molecule has 0 N–H and O–H groups in total. The summed E-state index contributed by atoms with van der Waals surface area (Å²) >= 11 is 8.48. The van der Waals surface area contributed by atoms with Crippen LogP contribution in [0.3, 0.4) is 0 Å².